The zero-order valence-corrected chi connectivity index (χ0v) is 12.2. The Hall–Kier alpha value is -3.34. The number of Topliss-reactive ketones (excluding diaryl/α,β-unsaturated/α-hetero) is 2. The molecule has 0 bridgehead atoms. The number of hydrogen-bond acceptors (Lipinski definition) is 4. The van der Waals surface area contributed by atoms with Crippen molar-refractivity contribution in [2.45, 2.75) is 0 Å². The lowest BCUT2D eigenvalue weighted by Gasteiger charge is -1.99. The van der Waals surface area contributed by atoms with E-state index in [1.165, 1.54) is 24.5 Å². The molecule has 0 radical (unpaired) electrons. The number of fused-ring (bicyclic) bond motifs is 2. The molecule has 116 valence electrons. The predicted octanol–water partition coefficient (Wildman–Crippen LogP) is 3.39. The number of ketones is 2. The maximum Gasteiger partial charge on any atom is 0.200 e. The fraction of sp³-hybridized carbons (Fsp3) is 0. The van der Waals surface area contributed by atoms with Gasteiger partial charge in [0.1, 0.15) is 17.7 Å². The van der Waals surface area contributed by atoms with E-state index >= 15 is 0 Å². The summed E-state index contributed by atoms with van der Waals surface area (Å²) in [7, 11) is 0. The molecule has 0 atom stereocenters. The van der Waals surface area contributed by atoms with Gasteiger partial charge < -0.3 is 4.42 Å². The van der Waals surface area contributed by atoms with E-state index in [2.05, 4.69) is 0 Å². The minimum absolute atomic E-state index is 0.0256. The summed E-state index contributed by atoms with van der Waals surface area (Å²) < 4.78 is 18.7. The van der Waals surface area contributed by atoms with Gasteiger partial charge >= 0.3 is 0 Å². The van der Waals surface area contributed by atoms with E-state index in [4.69, 9.17) is 4.42 Å². The summed E-state index contributed by atoms with van der Waals surface area (Å²) in [4.78, 5) is 37.2. The predicted molar refractivity (Wildman–Crippen MR) is 85.5 cm³/mol. The summed E-state index contributed by atoms with van der Waals surface area (Å²) in [6.45, 7) is 0. The first kappa shape index (κ1) is 14.3. The molecule has 0 saturated heterocycles. The lowest BCUT2D eigenvalue weighted by atomic mass is 10.1. The van der Waals surface area contributed by atoms with E-state index in [1.54, 1.807) is 24.3 Å². The lowest BCUT2D eigenvalue weighted by molar-refractivity contribution is 0.0990. The van der Waals surface area contributed by atoms with Crippen LogP contribution in [0.2, 0.25) is 0 Å². The van der Waals surface area contributed by atoms with Crippen LogP contribution in [0.5, 0.6) is 0 Å². The monoisotopic (exact) mass is 320 g/mol. The summed E-state index contributed by atoms with van der Waals surface area (Å²) in [5.74, 6) is -1.44. The Morgan fingerprint density at radius 1 is 0.917 bits per heavy atom. The number of allylic oxidation sites excluding steroid dienone is 1. The average Bonchev–Trinajstić information content (AvgIpc) is 2.83. The molecule has 0 aliphatic heterocycles. The number of carbonyl (C=O) groups excluding carboxylic acids is 2. The van der Waals surface area contributed by atoms with Crippen LogP contribution in [0.3, 0.4) is 0 Å². The standard InChI is InChI=1S/C19H9FO4/c20-11-5-6-16-14(8-11)17(21)10(9-24-16)7-15-18(22)12-3-1-2-4-13(12)19(15)23/h1-9H. The Bertz CT molecular complexity index is 1080. The first-order valence-corrected chi connectivity index (χ1v) is 7.17. The highest BCUT2D eigenvalue weighted by Gasteiger charge is 2.32. The Balaban J connectivity index is 1.90. The number of halogens is 1. The van der Waals surface area contributed by atoms with Crippen molar-refractivity contribution in [3.05, 3.63) is 87.0 Å². The first-order valence-electron chi connectivity index (χ1n) is 7.17. The van der Waals surface area contributed by atoms with E-state index in [9.17, 15) is 18.8 Å². The van der Waals surface area contributed by atoms with Gasteiger partial charge in [0.25, 0.3) is 0 Å². The zero-order chi connectivity index (χ0) is 16.8. The molecule has 0 unspecified atom stereocenters. The maximum absolute atomic E-state index is 13.4. The van der Waals surface area contributed by atoms with Gasteiger partial charge in [0.05, 0.1) is 16.5 Å². The highest BCUT2D eigenvalue weighted by atomic mass is 19.1. The van der Waals surface area contributed by atoms with Crippen molar-refractivity contribution in [3.63, 3.8) is 0 Å². The first-order chi connectivity index (χ1) is 11.6. The number of hydrogen-bond donors (Lipinski definition) is 0. The highest BCUT2D eigenvalue weighted by Crippen LogP contribution is 2.27. The van der Waals surface area contributed by atoms with Crippen LogP contribution in [-0.4, -0.2) is 11.6 Å². The van der Waals surface area contributed by atoms with E-state index < -0.39 is 22.8 Å². The Kier molecular flexibility index (Phi) is 3.03. The van der Waals surface area contributed by atoms with E-state index in [-0.39, 0.29) is 22.1 Å². The van der Waals surface area contributed by atoms with Gasteiger partial charge in [-0.15, -0.1) is 0 Å². The van der Waals surface area contributed by atoms with Crippen LogP contribution in [0.1, 0.15) is 26.3 Å². The van der Waals surface area contributed by atoms with Crippen molar-refractivity contribution in [2.24, 2.45) is 0 Å². The summed E-state index contributed by atoms with van der Waals surface area (Å²) in [6, 6.07) is 10.1. The molecule has 1 aliphatic carbocycles. The fourth-order valence-corrected chi connectivity index (χ4v) is 2.78. The molecule has 0 spiro atoms. The minimum atomic E-state index is -0.569. The Morgan fingerprint density at radius 2 is 1.58 bits per heavy atom. The second kappa shape index (κ2) is 5.09. The van der Waals surface area contributed by atoms with Crippen LogP contribution in [0.15, 0.2) is 63.5 Å². The molecule has 1 heterocycles. The van der Waals surface area contributed by atoms with Crippen molar-refractivity contribution < 1.29 is 18.4 Å². The van der Waals surface area contributed by atoms with Gasteiger partial charge in [-0.05, 0) is 24.3 Å². The van der Waals surface area contributed by atoms with Gasteiger partial charge in [-0.3, -0.25) is 14.4 Å². The van der Waals surface area contributed by atoms with Crippen molar-refractivity contribution >= 4 is 28.6 Å². The Morgan fingerprint density at radius 3 is 2.25 bits per heavy atom. The summed E-state index contributed by atoms with van der Waals surface area (Å²) in [5.41, 5.74) is 0.280. The smallest absolute Gasteiger partial charge is 0.200 e. The molecule has 2 aromatic carbocycles. The molecular formula is C19H9FO4. The SMILES string of the molecule is O=C1C(=Cc2coc3ccc(F)cc3c2=O)C(=O)c2ccccc21. The molecule has 5 heteroatoms. The highest BCUT2D eigenvalue weighted by molar-refractivity contribution is 6.41. The van der Waals surface area contributed by atoms with Gasteiger partial charge in [0.2, 0.25) is 0 Å². The van der Waals surface area contributed by atoms with Crippen LogP contribution >= 0.6 is 0 Å². The second-order valence-corrected chi connectivity index (χ2v) is 5.42. The average molecular weight is 320 g/mol. The van der Waals surface area contributed by atoms with Crippen LogP contribution < -0.4 is 5.43 Å². The van der Waals surface area contributed by atoms with Crippen molar-refractivity contribution in [3.8, 4) is 0 Å². The molecule has 1 aliphatic rings. The number of rotatable bonds is 1. The third-order valence-electron chi connectivity index (χ3n) is 3.97. The van der Waals surface area contributed by atoms with Crippen molar-refractivity contribution in [1.82, 2.24) is 0 Å². The molecule has 0 amide bonds. The summed E-state index contributed by atoms with van der Waals surface area (Å²) in [5, 5.41) is 0.0553. The topological polar surface area (TPSA) is 64.3 Å². The van der Waals surface area contributed by atoms with Crippen molar-refractivity contribution in [1.29, 1.82) is 0 Å². The quantitative estimate of drug-likeness (QED) is 0.509. The maximum atomic E-state index is 13.4. The largest absolute Gasteiger partial charge is 0.463 e. The van der Waals surface area contributed by atoms with E-state index in [1.807, 2.05) is 0 Å². The normalized spacial score (nSPS) is 13.5. The molecular weight excluding hydrogens is 311 g/mol. The van der Waals surface area contributed by atoms with E-state index in [0.29, 0.717) is 11.1 Å². The lowest BCUT2D eigenvalue weighted by Crippen LogP contribution is -2.08. The molecule has 0 fully saturated rings. The fourth-order valence-electron chi connectivity index (χ4n) is 2.78. The number of benzene rings is 2. The second-order valence-electron chi connectivity index (χ2n) is 5.42. The summed E-state index contributed by atoms with van der Waals surface area (Å²) >= 11 is 0. The third-order valence-corrected chi connectivity index (χ3v) is 3.97. The molecule has 0 N–H and O–H groups in total. The third kappa shape index (κ3) is 2.02. The van der Waals surface area contributed by atoms with Crippen LogP contribution in [0.4, 0.5) is 4.39 Å². The van der Waals surface area contributed by atoms with Gasteiger partial charge in [-0.2, -0.15) is 0 Å². The molecule has 1 aromatic heterocycles. The van der Waals surface area contributed by atoms with Crippen LogP contribution in [0.25, 0.3) is 17.0 Å². The van der Waals surface area contributed by atoms with Gasteiger partial charge in [0, 0.05) is 11.1 Å². The summed E-state index contributed by atoms with van der Waals surface area (Å²) in [6.07, 6.45) is 2.37. The van der Waals surface area contributed by atoms with Crippen molar-refractivity contribution in [2.75, 3.05) is 0 Å². The van der Waals surface area contributed by atoms with Gasteiger partial charge in [-0.25, -0.2) is 4.39 Å². The van der Waals surface area contributed by atoms with Gasteiger partial charge in [0.15, 0.2) is 17.0 Å². The minimum Gasteiger partial charge on any atom is -0.463 e. The van der Waals surface area contributed by atoms with E-state index in [0.717, 1.165) is 6.07 Å². The molecule has 4 rings (SSSR count). The van der Waals surface area contributed by atoms with Crippen LogP contribution in [0, 0.1) is 5.82 Å². The molecule has 0 saturated carbocycles. The molecule has 4 nitrogen and oxygen atoms in total. The molecule has 3 aromatic rings. The number of carbonyl (C=O) groups is 2. The molecule has 24 heavy (non-hydrogen) atoms. The van der Waals surface area contributed by atoms with Crippen LogP contribution in [-0.2, 0) is 0 Å². The zero-order valence-electron chi connectivity index (χ0n) is 12.2. The Labute approximate surface area is 134 Å². The van der Waals surface area contributed by atoms with Gasteiger partial charge in [-0.1, -0.05) is 24.3 Å².